The van der Waals surface area contributed by atoms with Gasteiger partial charge in [-0.2, -0.15) is 0 Å². The number of hydrogen-bond acceptors (Lipinski definition) is 6. The van der Waals surface area contributed by atoms with Gasteiger partial charge in [-0.15, -0.1) is 5.10 Å². The number of tetrazole rings is 1. The number of methoxy groups -OCH3 is 1. The zero-order chi connectivity index (χ0) is 18.4. The summed E-state index contributed by atoms with van der Waals surface area (Å²) in [7, 11) is 3.36. The Bertz CT molecular complexity index is 850. The number of hydrogen-bond donors (Lipinski definition) is 0. The number of likely N-dealkylation sites (N-methyl/N-ethyl adjacent to an activating group) is 1. The Labute approximate surface area is 151 Å². The van der Waals surface area contributed by atoms with E-state index in [0.717, 1.165) is 17.0 Å². The highest BCUT2D eigenvalue weighted by Crippen LogP contribution is 2.16. The highest BCUT2D eigenvalue weighted by Gasteiger charge is 2.11. The smallest absolute Gasteiger partial charge is 0.260 e. The van der Waals surface area contributed by atoms with Crippen LogP contribution in [0.15, 0.2) is 54.9 Å². The second kappa shape index (κ2) is 8.11. The van der Waals surface area contributed by atoms with E-state index in [1.165, 1.54) is 11.0 Å². The van der Waals surface area contributed by atoms with Crippen molar-refractivity contribution in [1.29, 1.82) is 0 Å². The van der Waals surface area contributed by atoms with E-state index in [-0.39, 0.29) is 12.5 Å². The van der Waals surface area contributed by atoms with E-state index in [1.54, 1.807) is 31.2 Å². The van der Waals surface area contributed by atoms with Crippen LogP contribution in [0, 0.1) is 0 Å². The first-order valence-electron chi connectivity index (χ1n) is 7.99. The first-order valence-corrected chi connectivity index (χ1v) is 7.99. The van der Waals surface area contributed by atoms with Gasteiger partial charge in [-0.05, 0) is 52.4 Å². The van der Waals surface area contributed by atoms with Crippen molar-refractivity contribution in [3.63, 3.8) is 0 Å². The molecule has 8 heteroatoms. The fourth-order valence-corrected chi connectivity index (χ4v) is 2.36. The summed E-state index contributed by atoms with van der Waals surface area (Å²) in [5, 5.41) is 11.0. The number of amides is 1. The lowest BCUT2D eigenvalue weighted by atomic mass is 10.2. The Balaban J connectivity index is 1.52. The molecule has 1 aromatic heterocycles. The molecule has 8 nitrogen and oxygen atoms in total. The summed E-state index contributed by atoms with van der Waals surface area (Å²) in [4.78, 5) is 13.9. The molecule has 0 saturated carbocycles. The number of rotatable bonds is 7. The van der Waals surface area contributed by atoms with E-state index < -0.39 is 0 Å². The summed E-state index contributed by atoms with van der Waals surface area (Å²) in [6, 6.07) is 14.8. The van der Waals surface area contributed by atoms with Crippen LogP contribution in [0.5, 0.6) is 11.5 Å². The average Bonchev–Trinajstić information content (AvgIpc) is 3.21. The third kappa shape index (κ3) is 4.35. The summed E-state index contributed by atoms with van der Waals surface area (Å²) in [6.07, 6.45) is 1.51. The van der Waals surface area contributed by atoms with Gasteiger partial charge in [0.25, 0.3) is 5.91 Å². The molecular formula is C18H19N5O3. The largest absolute Gasteiger partial charge is 0.497 e. The SMILES string of the molecule is COc1cccc(CN(C)C(=O)COc2ccc(-n3cnnn3)cc2)c1. The highest BCUT2D eigenvalue weighted by atomic mass is 16.5. The number of carbonyl (C=O) groups is 1. The van der Waals surface area contributed by atoms with Crippen molar-refractivity contribution in [2.75, 3.05) is 20.8 Å². The van der Waals surface area contributed by atoms with Gasteiger partial charge < -0.3 is 14.4 Å². The van der Waals surface area contributed by atoms with Crippen molar-refractivity contribution in [2.45, 2.75) is 6.54 Å². The van der Waals surface area contributed by atoms with Gasteiger partial charge in [-0.3, -0.25) is 4.79 Å². The molecule has 26 heavy (non-hydrogen) atoms. The third-order valence-electron chi connectivity index (χ3n) is 3.79. The van der Waals surface area contributed by atoms with E-state index in [4.69, 9.17) is 9.47 Å². The van der Waals surface area contributed by atoms with Crippen LogP contribution in [0.3, 0.4) is 0 Å². The summed E-state index contributed by atoms with van der Waals surface area (Å²) < 4.78 is 12.3. The molecule has 0 spiro atoms. The molecule has 1 amide bonds. The molecule has 0 aliphatic heterocycles. The van der Waals surface area contributed by atoms with E-state index in [1.807, 2.05) is 36.4 Å². The molecule has 0 unspecified atom stereocenters. The van der Waals surface area contributed by atoms with E-state index in [9.17, 15) is 4.79 Å². The lowest BCUT2D eigenvalue weighted by molar-refractivity contribution is -0.132. The maximum Gasteiger partial charge on any atom is 0.260 e. The minimum absolute atomic E-state index is 0.0370. The van der Waals surface area contributed by atoms with Gasteiger partial charge in [-0.1, -0.05) is 12.1 Å². The van der Waals surface area contributed by atoms with Crippen LogP contribution in [-0.2, 0) is 11.3 Å². The van der Waals surface area contributed by atoms with Crippen LogP contribution in [0.25, 0.3) is 5.69 Å². The Hall–Kier alpha value is -3.42. The molecule has 134 valence electrons. The van der Waals surface area contributed by atoms with Gasteiger partial charge in [-0.25, -0.2) is 4.68 Å². The molecule has 0 aliphatic rings. The van der Waals surface area contributed by atoms with Crippen LogP contribution in [0.2, 0.25) is 0 Å². The monoisotopic (exact) mass is 353 g/mol. The van der Waals surface area contributed by atoms with Crippen molar-refractivity contribution in [2.24, 2.45) is 0 Å². The van der Waals surface area contributed by atoms with Gasteiger partial charge in [0.2, 0.25) is 0 Å². The first-order chi connectivity index (χ1) is 12.7. The number of benzene rings is 2. The fraction of sp³-hybridized carbons (Fsp3) is 0.222. The molecule has 0 fully saturated rings. The summed E-state index contributed by atoms with van der Waals surface area (Å²) in [5.41, 5.74) is 1.80. The van der Waals surface area contributed by atoms with Crippen molar-refractivity contribution in [1.82, 2.24) is 25.1 Å². The minimum atomic E-state index is -0.114. The summed E-state index contributed by atoms with van der Waals surface area (Å²) in [6.45, 7) is 0.447. The fourth-order valence-electron chi connectivity index (χ4n) is 2.36. The summed E-state index contributed by atoms with van der Waals surface area (Å²) >= 11 is 0. The molecular weight excluding hydrogens is 334 g/mol. The number of aromatic nitrogens is 4. The first kappa shape index (κ1) is 17.4. The lowest BCUT2D eigenvalue weighted by Crippen LogP contribution is -2.30. The molecule has 0 atom stereocenters. The van der Waals surface area contributed by atoms with Crippen molar-refractivity contribution in [3.8, 4) is 17.2 Å². The van der Waals surface area contributed by atoms with Gasteiger partial charge in [0.1, 0.15) is 17.8 Å². The minimum Gasteiger partial charge on any atom is -0.497 e. The van der Waals surface area contributed by atoms with Crippen LogP contribution in [0.4, 0.5) is 0 Å². The Morgan fingerprint density at radius 3 is 2.65 bits per heavy atom. The lowest BCUT2D eigenvalue weighted by Gasteiger charge is -2.18. The molecule has 3 aromatic rings. The number of nitrogens with zero attached hydrogens (tertiary/aromatic N) is 5. The molecule has 1 heterocycles. The van der Waals surface area contributed by atoms with Crippen LogP contribution in [0.1, 0.15) is 5.56 Å². The van der Waals surface area contributed by atoms with Crippen molar-refractivity contribution < 1.29 is 14.3 Å². The predicted molar refractivity (Wildman–Crippen MR) is 94.1 cm³/mol. The Morgan fingerprint density at radius 2 is 1.96 bits per heavy atom. The zero-order valence-electron chi connectivity index (χ0n) is 14.6. The van der Waals surface area contributed by atoms with Crippen LogP contribution >= 0.6 is 0 Å². The number of ether oxygens (including phenoxy) is 2. The van der Waals surface area contributed by atoms with Gasteiger partial charge in [0.15, 0.2) is 6.61 Å². The molecule has 3 rings (SSSR count). The van der Waals surface area contributed by atoms with Gasteiger partial charge in [0.05, 0.1) is 12.8 Å². The summed E-state index contributed by atoms with van der Waals surface area (Å²) in [5.74, 6) is 1.25. The molecule has 2 aromatic carbocycles. The Kier molecular flexibility index (Phi) is 5.43. The van der Waals surface area contributed by atoms with Crippen LogP contribution in [-0.4, -0.2) is 51.8 Å². The third-order valence-corrected chi connectivity index (χ3v) is 3.79. The van der Waals surface area contributed by atoms with E-state index in [2.05, 4.69) is 15.5 Å². The highest BCUT2D eigenvalue weighted by molar-refractivity contribution is 5.77. The zero-order valence-corrected chi connectivity index (χ0v) is 14.6. The second-order valence-corrected chi connectivity index (χ2v) is 5.64. The second-order valence-electron chi connectivity index (χ2n) is 5.64. The Morgan fingerprint density at radius 1 is 1.15 bits per heavy atom. The molecule has 0 aliphatic carbocycles. The molecule has 0 saturated heterocycles. The predicted octanol–water partition coefficient (Wildman–Crippen LogP) is 1.71. The standard InChI is InChI=1S/C18H19N5O3/c1-22(11-14-4-3-5-17(10-14)25-2)18(24)12-26-16-8-6-15(7-9-16)23-13-19-20-21-23/h3-10,13H,11-12H2,1-2H3. The van der Waals surface area contributed by atoms with E-state index in [0.29, 0.717) is 12.3 Å². The maximum absolute atomic E-state index is 12.3. The molecule has 0 bridgehead atoms. The van der Waals surface area contributed by atoms with Gasteiger partial charge >= 0.3 is 0 Å². The number of carbonyl (C=O) groups excluding carboxylic acids is 1. The topological polar surface area (TPSA) is 82.4 Å². The molecule has 0 radical (unpaired) electrons. The van der Waals surface area contributed by atoms with Crippen molar-refractivity contribution in [3.05, 3.63) is 60.4 Å². The average molecular weight is 353 g/mol. The van der Waals surface area contributed by atoms with Gasteiger partial charge in [0, 0.05) is 13.6 Å². The van der Waals surface area contributed by atoms with E-state index >= 15 is 0 Å². The normalized spacial score (nSPS) is 10.4. The van der Waals surface area contributed by atoms with Crippen LogP contribution < -0.4 is 9.47 Å². The van der Waals surface area contributed by atoms with Crippen molar-refractivity contribution >= 4 is 5.91 Å². The maximum atomic E-state index is 12.3. The quantitative estimate of drug-likeness (QED) is 0.643. The molecule has 0 N–H and O–H groups in total.